The minimum absolute atomic E-state index is 0.0415. The van der Waals surface area contributed by atoms with Crippen molar-refractivity contribution in [2.45, 2.75) is 77.7 Å². The molecule has 0 atom stereocenters. The van der Waals surface area contributed by atoms with Gasteiger partial charge in [0.2, 0.25) is 0 Å². The summed E-state index contributed by atoms with van der Waals surface area (Å²) in [4.78, 5) is 52.5. The van der Waals surface area contributed by atoms with Crippen LogP contribution in [0, 0.1) is 5.41 Å². The quantitative estimate of drug-likeness (QED) is 0.748. The van der Waals surface area contributed by atoms with Crippen LogP contribution in [0.25, 0.3) is 0 Å². The zero-order valence-corrected chi connectivity index (χ0v) is 15.8. The van der Waals surface area contributed by atoms with E-state index in [-0.39, 0.29) is 19.3 Å². The first-order chi connectivity index (χ1) is 12.1. The van der Waals surface area contributed by atoms with Gasteiger partial charge in [0, 0.05) is 19.4 Å². The van der Waals surface area contributed by atoms with E-state index in [2.05, 4.69) is 5.32 Å². The van der Waals surface area contributed by atoms with Crippen LogP contribution < -0.4 is 5.32 Å². The molecule has 8 nitrogen and oxygen atoms in total. The van der Waals surface area contributed by atoms with Gasteiger partial charge in [0.15, 0.2) is 0 Å². The fourth-order valence-electron chi connectivity index (χ4n) is 3.39. The van der Waals surface area contributed by atoms with E-state index in [0.29, 0.717) is 11.6 Å². The Morgan fingerprint density at radius 3 is 2.19 bits per heavy atom. The summed E-state index contributed by atoms with van der Waals surface area (Å²) in [6.45, 7) is 5.64. The second-order valence-electron chi connectivity index (χ2n) is 8.14. The normalized spacial score (nSPS) is 20.0. The van der Waals surface area contributed by atoms with E-state index < -0.39 is 34.9 Å². The van der Waals surface area contributed by atoms with Gasteiger partial charge in [-0.15, -0.1) is 5.06 Å². The van der Waals surface area contributed by atoms with E-state index in [1.54, 1.807) is 20.8 Å². The van der Waals surface area contributed by atoms with Crippen LogP contribution in [0.4, 0.5) is 4.79 Å². The summed E-state index contributed by atoms with van der Waals surface area (Å²) < 4.78 is 5.25. The number of nitrogens with one attached hydrogen (secondary N) is 1. The maximum atomic E-state index is 12.3. The molecule has 146 valence electrons. The number of alkyl carbamates (subject to hydrolysis) is 1. The number of carbonyl (C=O) groups is 4. The second kappa shape index (κ2) is 8.05. The van der Waals surface area contributed by atoms with E-state index in [1.807, 2.05) is 0 Å². The number of hydroxylamine groups is 2. The van der Waals surface area contributed by atoms with Crippen molar-refractivity contribution in [1.29, 1.82) is 0 Å². The van der Waals surface area contributed by atoms with E-state index in [4.69, 9.17) is 9.57 Å². The summed E-state index contributed by atoms with van der Waals surface area (Å²) in [6, 6.07) is 0. The molecule has 2 rings (SSSR count). The van der Waals surface area contributed by atoms with Gasteiger partial charge >= 0.3 is 12.1 Å². The summed E-state index contributed by atoms with van der Waals surface area (Å²) in [5.74, 6) is -1.61. The molecule has 1 N–H and O–H groups in total. The first-order valence-corrected chi connectivity index (χ1v) is 9.14. The molecule has 1 aliphatic carbocycles. The Morgan fingerprint density at radius 1 is 1.08 bits per heavy atom. The molecule has 1 heterocycles. The third kappa shape index (κ3) is 5.71. The second-order valence-corrected chi connectivity index (χ2v) is 8.14. The van der Waals surface area contributed by atoms with Gasteiger partial charge in [-0.1, -0.05) is 19.3 Å². The topological polar surface area (TPSA) is 102 Å². The lowest BCUT2D eigenvalue weighted by molar-refractivity contribution is -0.199. The molecule has 3 amide bonds. The van der Waals surface area contributed by atoms with Crippen LogP contribution in [0.3, 0.4) is 0 Å². The van der Waals surface area contributed by atoms with E-state index in [9.17, 15) is 19.2 Å². The Kier molecular flexibility index (Phi) is 6.26. The summed E-state index contributed by atoms with van der Waals surface area (Å²) in [5, 5.41) is 3.32. The Hall–Kier alpha value is -2.12. The number of amides is 3. The molecular formula is C18H28N2O6. The SMILES string of the molecule is CC(C)(C)OC(=O)NCC1(CC(=O)ON2C(=O)CCC2=O)CCCCC1. The van der Waals surface area contributed by atoms with Crippen LogP contribution in [0.1, 0.15) is 72.1 Å². The lowest BCUT2D eigenvalue weighted by atomic mass is 9.72. The maximum Gasteiger partial charge on any atom is 0.407 e. The highest BCUT2D eigenvalue weighted by molar-refractivity contribution is 6.01. The molecule has 0 aromatic carbocycles. The number of nitrogens with zero attached hydrogens (tertiary/aromatic N) is 1. The van der Waals surface area contributed by atoms with Gasteiger partial charge in [0.05, 0.1) is 6.42 Å². The van der Waals surface area contributed by atoms with Gasteiger partial charge in [-0.05, 0) is 39.0 Å². The van der Waals surface area contributed by atoms with Crippen LogP contribution in [-0.4, -0.2) is 41.1 Å². The van der Waals surface area contributed by atoms with Crippen molar-refractivity contribution in [1.82, 2.24) is 10.4 Å². The van der Waals surface area contributed by atoms with Crippen molar-refractivity contribution in [3.8, 4) is 0 Å². The zero-order valence-electron chi connectivity index (χ0n) is 15.8. The first kappa shape index (κ1) is 20.2. The van der Waals surface area contributed by atoms with Gasteiger partial charge < -0.3 is 14.9 Å². The van der Waals surface area contributed by atoms with Crippen LogP contribution in [0.15, 0.2) is 0 Å². The van der Waals surface area contributed by atoms with Crippen molar-refractivity contribution in [3.05, 3.63) is 0 Å². The van der Waals surface area contributed by atoms with Crippen LogP contribution in [0.2, 0.25) is 0 Å². The predicted octanol–water partition coefficient (Wildman–Crippen LogP) is 2.46. The lowest BCUT2D eigenvalue weighted by Crippen LogP contribution is -2.43. The van der Waals surface area contributed by atoms with Crippen molar-refractivity contribution in [2.24, 2.45) is 5.41 Å². The molecule has 0 spiro atoms. The number of carbonyl (C=O) groups excluding carboxylic acids is 4. The molecule has 0 aromatic heterocycles. The Labute approximate surface area is 153 Å². The summed E-state index contributed by atoms with van der Waals surface area (Å²) in [6.07, 6.45) is 4.15. The smallest absolute Gasteiger partial charge is 0.407 e. The summed E-state index contributed by atoms with van der Waals surface area (Å²) in [5.41, 5.74) is -1.04. The molecule has 2 fully saturated rings. The van der Waals surface area contributed by atoms with Crippen LogP contribution in [0.5, 0.6) is 0 Å². The monoisotopic (exact) mass is 368 g/mol. The molecule has 1 saturated carbocycles. The van der Waals surface area contributed by atoms with Crippen molar-refractivity contribution in [3.63, 3.8) is 0 Å². The molecule has 8 heteroatoms. The number of ether oxygens (including phenoxy) is 1. The van der Waals surface area contributed by atoms with Crippen molar-refractivity contribution in [2.75, 3.05) is 6.54 Å². The van der Waals surface area contributed by atoms with Crippen molar-refractivity contribution >= 4 is 23.9 Å². The Bertz CT molecular complexity index is 559. The van der Waals surface area contributed by atoms with E-state index in [1.165, 1.54) is 0 Å². The van der Waals surface area contributed by atoms with E-state index in [0.717, 1.165) is 32.1 Å². The van der Waals surface area contributed by atoms with Gasteiger partial charge in [0.25, 0.3) is 11.8 Å². The number of imide groups is 1. The summed E-state index contributed by atoms with van der Waals surface area (Å²) in [7, 11) is 0. The number of hydrogen-bond acceptors (Lipinski definition) is 6. The van der Waals surface area contributed by atoms with Gasteiger partial charge in [-0.2, -0.15) is 0 Å². The lowest BCUT2D eigenvalue weighted by Gasteiger charge is -2.37. The average Bonchev–Trinajstić information content (AvgIpc) is 2.84. The van der Waals surface area contributed by atoms with Crippen LogP contribution >= 0.6 is 0 Å². The number of hydrogen-bond donors (Lipinski definition) is 1. The first-order valence-electron chi connectivity index (χ1n) is 9.14. The molecular weight excluding hydrogens is 340 g/mol. The Balaban J connectivity index is 1.95. The van der Waals surface area contributed by atoms with Crippen molar-refractivity contribution < 1.29 is 28.8 Å². The molecule has 0 bridgehead atoms. The molecule has 0 radical (unpaired) electrons. The average molecular weight is 368 g/mol. The highest BCUT2D eigenvalue weighted by Gasteiger charge is 2.39. The fraction of sp³-hybridized carbons (Fsp3) is 0.778. The molecule has 26 heavy (non-hydrogen) atoms. The standard InChI is InChI=1S/C18H28N2O6/c1-17(2,3)25-16(24)19-12-18(9-5-4-6-10-18)11-15(23)26-20-13(21)7-8-14(20)22/h4-12H2,1-3H3,(H,19,24). The molecule has 1 saturated heterocycles. The molecule has 1 aliphatic heterocycles. The minimum Gasteiger partial charge on any atom is -0.444 e. The largest absolute Gasteiger partial charge is 0.444 e. The van der Waals surface area contributed by atoms with Crippen LogP contribution in [-0.2, 0) is 24.0 Å². The highest BCUT2D eigenvalue weighted by atomic mass is 16.7. The Morgan fingerprint density at radius 2 is 1.65 bits per heavy atom. The summed E-state index contributed by atoms with van der Waals surface area (Å²) >= 11 is 0. The third-order valence-corrected chi connectivity index (χ3v) is 4.64. The predicted molar refractivity (Wildman–Crippen MR) is 91.6 cm³/mol. The number of rotatable bonds is 5. The third-order valence-electron chi connectivity index (χ3n) is 4.64. The minimum atomic E-state index is -0.624. The highest BCUT2D eigenvalue weighted by Crippen LogP contribution is 2.39. The molecule has 0 unspecified atom stereocenters. The molecule has 0 aromatic rings. The van der Waals surface area contributed by atoms with Gasteiger partial charge in [-0.3, -0.25) is 9.59 Å². The fourth-order valence-corrected chi connectivity index (χ4v) is 3.39. The van der Waals surface area contributed by atoms with E-state index >= 15 is 0 Å². The van der Waals surface area contributed by atoms with Gasteiger partial charge in [0.1, 0.15) is 5.60 Å². The van der Waals surface area contributed by atoms with Gasteiger partial charge in [-0.25, -0.2) is 9.59 Å². The maximum absolute atomic E-state index is 12.3. The molecule has 2 aliphatic rings. The zero-order chi connectivity index (χ0) is 19.4.